The van der Waals surface area contributed by atoms with E-state index in [2.05, 4.69) is 10.6 Å². The predicted octanol–water partition coefficient (Wildman–Crippen LogP) is -0.162. The maximum atomic E-state index is 10.3. The number of nitrogens with one attached hydrogen (secondary N) is 2. The molecule has 0 bridgehead atoms. The Morgan fingerprint density at radius 2 is 1.83 bits per heavy atom. The van der Waals surface area contributed by atoms with Gasteiger partial charge in [-0.05, 0) is 0 Å². The number of carbonyl (C=O) groups is 2. The first-order valence-electron chi connectivity index (χ1n) is 3.36. The highest BCUT2D eigenvalue weighted by atomic mass is 32.2. The van der Waals surface area contributed by atoms with Crippen LogP contribution in [0.4, 0.5) is 0 Å². The summed E-state index contributed by atoms with van der Waals surface area (Å²) in [7, 11) is 0. The van der Waals surface area contributed by atoms with E-state index in [-0.39, 0.29) is 18.5 Å². The molecular formula is C6H12N2O3S. The molecule has 0 aromatic rings. The minimum Gasteiger partial charge on any atom is -0.345 e. The van der Waals surface area contributed by atoms with Gasteiger partial charge in [0.25, 0.3) is 0 Å². The second kappa shape index (κ2) is 6.93. The van der Waals surface area contributed by atoms with Crippen LogP contribution in [-0.2, 0) is 13.8 Å². The molecule has 2 N–H and O–H groups in total. The van der Waals surface area contributed by atoms with Gasteiger partial charge in [-0.3, -0.25) is 13.8 Å². The van der Waals surface area contributed by atoms with Crippen LogP contribution in [0, 0.1) is 0 Å². The van der Waals surface area contributed by atoms with Crippen LogP contribution in [-0.4, -0.2) is 24.4 Å². The largest absolute Gasteiger partial charge is 0.345 e. The van der Waals surface area contributed by atoms with Crippen LogP contribution in [0.5, 0.6) is 0 Å². The van der Waals surface area contributed by atoms with Crippen LogP contribution in [0.3, 0.4) is 0 Å². The highest BCUT2D eigenvalue weighted by Gasteiger charge is 1.92. The number of amides is 2. The molecule has 0 saturated heterocycles. The first-order valence-corrected chi connectivity index (χ1v) is 4.27. The number of hydrogen-bond donors (Lipinski definition) is 2. The zero-order valence-electron chi connectivity index (χ0n) is 7.05. The Morgan fingerprint density at radius 1 is 1.25 bits per heavy atom. The van der Waals surface area contributed by atoms with E-state index in [4.69, 9.17) is 4.18 Å². The molecule has 0 aliphatic rings. The van der Waals surface area contributed by atoms with Gasteiger partial charge in [0.1, 0.15) is 6.73 Å². The summed E-state index contributed by atoms with van der Waals surface area (Å²) < 4.78 is 4.86. The summed E-state index contributed by atoms with van der Waals surface area (Å²) in [6.07, 6.45) is 0. The van der Waals surface area contributed by atoms with Gasteiger partial charge in [-0.15, -0.1) is 0 Å². The van der Waals surface area contributed by atoms with E-state index in [0.717, 1.165) is 12.0 Å². The van der Waals surface area contributed by atoms with Gasteiger partial charge in [-0.25, -0.2) is 0 Å². The molecule has 12 heavy (non-hydrogen) atoms. The number of carbonyl (C=O) groups excluding carboxylic acids is 2. The lowest BCUT2D eigenvalue weighted by molar-refractivity contribution is -0.120. The van der Waals surface area contributed by atoms with Crippen LogP contribution in [0.1, 0.15) is 13.8 Å². The third-order valence-electron chi connectivity index (χ3n) is 0.843. The molecule has 5 nitrogen and oxygen atoms in total. The monoisotopic (exact) mass is 192 g/mol. The van der Waals surface area contributed by atoms with Crippen molar-refractivity contribution >= 4 is 23.9 Å². The minimum atomic E-state index is -0.143. The maximum absolute atomic E-state index is 10.3. The molecule has 0 rings (SSSR count). The fourth-order valence-corrected chi connectivity index (χ4v) is 0.833. The maximum Gasteiger partial charge on any atom is 0.218 e. The Kier molecular flexibility index (Phi) is 6.50. The van der Waals surface area contributed by atoms with Crippen molar-refractivity contribution in [2.24, 2.45) is 0 Å². The molecular weight excluding hydrogens is 180 g/mol. The molecule has 0 aliphatic heterocycles. The standard InChI is InChI=1S/C6H12N2O3S/c1-5(9)7-3-11-12-4-8-6(2)10/h3-4H2,1-2H3,(H,7,9)(H,8,10). The third kappa shape index (κ3) is 9.25. The summed E-state index contributed by atoms with van der Waals surface area (Å²) in [5, 5.41) is 4.96. The van der Waals surface area contributed by atoms with Crippen molar-refractivity contribution in [3.63, 3.8) is 0 Å². The second-order valence-electron chi connectivity index (χ2n) is 1.99. The van der Waals surface area contributed by atoms with Crippen molar-refractivity contribution in [2.45, 2.75) is 13.8 Å². The molecule has 0 aromatic carbocycles. The zero-order chi connectivity index (χ0) is 9.40. The van der Waals surface area contributed by atoms with Gasteiger partial charge in [0.2, 0.25) is 11.8 Å². The number of rotatable bonds is 5. The van der Waals surface area contributed by atoms with Crippen molar-refractivity contribution in [3.8, 4) is 0 Å². The first-order chi connectivity index (χ1) is 5.63. The van der Waals surface area contributed by atoms with E-state index >= 15 is 0 Å². The predicted molar refractivity (Wildman–Crippen MR) is 46.0 cm³/mol. The van der Waals surface area contributed by atoms with Crippen molar-refractivity contribution in [3.05, 3.63) is 0 Å². The van der Waals surface area contributed by atoms with E-state index in [9.17, 15) is 9.59 Å². The number of hydrogen-bond acceptors (Lipinski definition) is 4. The van der Waals surface area contributed by atoms with E-state index in [1.165, 1.54) is 13.8 Å². The molecule has 0 saturated carbocycles. The Bertz CT molecular complexity index is 145. The van der Waals surface area contributed by atoms with Crippen molar-refractivity contribution in [2.75, 3.05) is 12.6 Å². The van der Waals surface area contributed by atoms with Crippen molar-refractivity contribution in [1.29, 1.82) is 0 Å². The summed E-state index contributed by atoms with van der Waals surface area (Å²) in [5.74, 6) is 0.135. The van der Waals surface area contributed by atoms with E-state index in [1.807, 2.05) is 0 Å². The lowest BCUT2D eigenvalue weighted by Crippen LogP contribution is -2.23. The van der Waals surface area contributed by atoms with Crippen LogP contribution in [0.2, 0.25) is 0 Å². The molecule has 2 amide bonds. The van der Waals surface area contributed by atoms with E-state index in [0.29, 0.717) is 5.88 Å². The van der Waals surface area contributed by atoms with Gasteiger partial charge in [-0.2, -0.15) is 0 Å². The van der Waals surface area contributed by atoms with E-state index in [1.54, 1.807) is 0 Å². The molecule has 0 fully saturated rings. The van der Waals surface area contributed by atoms with Gasteiger partial charge in [-0.1, -0.05) is 0 Å². The van der Waals surface area contributed by atoms with Crippen LogP contribution in [0.25, 0.3) is 0 Å². The highest BCUT2D eigenvalue weighted by Crippen LogP contribution is 1.96. The van der Waals surface area contributed by atoms with Gasteiger partial charge >= 0.3 is 0 Å². The average Bonchev–Trinajstić information content (AvgIpc) is 1.95. The van der Waals surface area contributed by atoms with Crippen molar-refractivity contribution < 1.29 is 13.8 Å². The normalized spacial score (nSPS) is 9.17. The highest BCUT2D eigenvalue weighted by molar-refractivity contribution is 7.94. The third-order valence-corrected chi connectivity index (χ3v) is 1.39. The SMILES string of the molecule is CC(=O)NCOSCNC(C)=O. The topological polar surface area (TPSA) is 67.4 Å². The second-order valence-corrected chi connectivity index (χ2v) is 2.75. The molecule has 0 radical (unpaired) electrons. The van der Waals surface area contributed by atoms with Crippen LogP contribution in [0.15, 0.2) is 0 Å². The average molecular weight is 192 g/mol. The lowest BCUT2D eigenvalue weighted by atomic mass is 10.7. The van der Waals surface area contributed by atoms with Gasteiger partial charge < -0.3 is 10.6 Å². The molecule has 6 heteroatoms. The minimum absolute atomic E-state index is 0.106. The zero-order valence-corrected chi connectivity index (χ0v) is 7.86. The molecule has 0 unspecified atom stereocenters. The molecule has 0 spiro atoms. The Labute approximate surface area is 75.4 Å². The molecule has 0 aromatic heterocycles. The van der Waals surface area contributed by atoms with Gasteiger partial charge in [0, 0.05) is 25.9 Å². The van der Waals surface area contributed by atoms with Crippen molar-refractivity contribution in [1.82, 2.24) is 10.6 Å². The van der Waals surface area contributed by atoms with Crippen LogP contribution >= 0.6 is 12.0 Å². The first kappa shape index (κ1) is 11.2. The van der Waals surface area contributed by atoms with E-state index < -0.39 is 0 Å². The van der Waals surface area contributed by atoms with Gasteiger partial charge in [0.15, 0.2) is 0 Å². The summed E-state index contributed by atoms with van der Waals surface area (Å²) >= 11 is 1.08. The smallest absolute Gasteiger partial charge is 0.218 e. The summed E-state index contributed by atoms with van der Waals surface area (Å²) in [4.78, 5) is 20.6. The molecule has 70 valence electrons. The summed E-state index contributed by atoms with van der Waals surface area (Å²) in [6.45, 7) is 2.98. The lowest BCUT2D eigenvalue weighted by Gasteiger charge is -2.02. The quantitative estimate of drug-likeness (QED) is 0.361. The molecule has 0 heterocycles. The molecule has 0 aliphatic carbocycles. The summed E-state index contributed by atoms with van der Waals surface area (Å²) in [6, 6.07) is 0. The fraction of sp³-hybridized carbons (Fsp3) is 0.667. The Balaban J connectivity index is 3.01. The Morgan fingerprint density at radius 3 is 2.33 bits per heavy atom. The fourth-order valence-electron chi connectivity index (χ4n) is 0.346. The molecule has 0 atom stereocenters. The Hall–Kier alpha value is -0.750. The van der Waals surface area contributed by atoms with Crippen LogP contribution < -0.4 is 10.6 Å². The van der Waals surface area contributed by atoms with Gasteiger partial charge in [0.05, 0.1) is 5.88 Å². The summed E-state index contributed by atoms with van der Waals surface area (Å²) in [5.41, 5.74) is 0.